The third-order valence-corrected chi connectivity index (χ3v) is 10.8. The lowest BCUT2D eigenvalue weighted by Crippen LogP contribution is -2.64. The molecule has 280 valence electrons. The molecule has 9 N–H and O–H groups in total. The highest BCUT2D eigenvalue weighted by Crippen LogP contribution is 2.45. The van der Waals surface area contributed by atoms with Gasteiger partial charge in [-0.2, -0.15) is 0 Å². The summed E-state index contributed by atoms with van der Waals surface area (Å²) in [5.74, 6) is -3.06. The van der Waals surface area contributed by atoms with Crippen molar-refractivity contribution in [3.8, 4) is 0 Å². The zero-order chi connectivity index (χ0) is 35.1. The van der Waals surface area contributed by atoms with Crippen molar-refractivity contribution in [1.82, 2.24) is 0 Å². The van der Waals surface area contributed by atoms with Gasteiger partial charge in [0.1, 0.15) is 62.0 Å². The normalized spacial score (nSPS) is 52.0. The molecule has 2 saturated carbocycles. The van der Waals surface area contributed by atoms with Gasteiger partial charge in [-0.3, -0.25) is 4.79 Å². The second-order valence-corrected chi connectivity index (χ2v) is 14.1. The van der Waals surface area contributed by atoms with E-state index in [0.29, 0.717) is 25.7 Å². The molecule has 0 amide bonds. The first-order valence-electron chi connectivity index (χ1n) is 17.0. The summed E-state index contributed by atoms with van der Waals surface area (Å²) in [7, 11) is 0. The van der Waals surface area contributed by atoms with Crippen LogP contribution in [0.5, 0.6) is 0 Å². The molecule has 0 spiro atoms. The molecule has 0 radical (unpaired) electrons. The Balaban J connectivity index is 1.32. The van der Waals surface area contributed by atoms with Crippen LogP contribution in [-0.4, -0.2) is 175 Å². The minimum atomic E-state index is -2.01. The van der Waals surface area contributed by atoms with Gasteiger partial charge in [0.25, 0.3) is 0 Å². The molecular weight excluding hydrogens is 660 g/mol. The van der Waals surface area contributed by atoms with Gasteiger partial charge in [-0.15, -0.1) is 0 Å². The average molecular weight is 709 g/mol. The summed E-state index contributed by atoms with van der Waals surface area (Å²) in [6.07, 6.45) is -20.9. The van der Waals surface area contributed by atoms with Crippen LogP contribution in [0.1, 0.15) is 51.4 Å². The van der Waals surface area contributed by atoms with Crippen molar-refractivity contribution in [2.75, 3.05) is 13.2 Å². The molecule has 17 atom stereocenters. The zero-order valence-electron chi connectivity index (χ0n) is 26.7. The minimum Gasteiger partial charge on any atom is -0.463 e. The molecule has 0 aromatic heterocycles. The minimum absolute atomic E-state index is 0.00423. The number of hydrogen-bond acceptors (Lipinski definition) is 18. The molecule has 49 heavy (non-hydrogen) atoms. The van der Waals surface area contributed by atoms with E-state index in [2.05, 4.69) is 0 Å². The van der Waals surface area contributed by atoms with Crippen LogP contribution in [0.15, 0.2) is 0 Å². The Morgan fingerprint density at radius 2 is 0.959 bits per heavy atom. The number of carbonyl (C=O) groups excluding carboxylic acids is 2. The van der Waals surface area contributed by atoms with Gasteiger partial charge >= 0.3 is 11.9 Å². The number of esters is 2. The van der Waals surface area contributed by atoms with Crippen molar-refractivity contribution in [1.29, 1.82) is 0 Å². The third kappa shape index (κ3) is 8.07. The number of carbonyl (C=O) groups is 2. The van der Waals surface area contributed by atoms with Gasteiger partial charge in [-0.1, -0.05) is 0 Å². The van der Waals surface area contributed by atoms with Gasteiger partial charge in [0.05, 0.1) is 43.0 Å². The molecule has 6 rings (SSSR count). The van der Waals surface area contributed by atoms with Crippen molar-refractivity contribution in [3.05, 3.63) is 0 Å². The number of hydrogen-bond donors (Lipinski definition) is 9. The van der Waals surface area contributed by atoms with Crippen LogP contribution in [0.4, 0.5) is 0 Å². The number of ether oxygens (including phenoxy) is 7. The van der Waals surface area contributed by atoms with Crippen LogP contribution in [0.25, 0.3) is 0 Å². The molecule has 4 bridgehead atoms. The van der Waals surface area contributed by atoms with Gasteiger partial charge in [-0.05, 0) is 31.6 Å². The summed E-state index contributed by atoms with van der Waals surface area (Å²) >= 11 is 0. The molecule has 6 aliphatic rings. The van der Waals surface area contributed by atoms with Crippen molar-refractivity contribution in [2.45, 2.75) is 156 Å². The molecule has 18 nitrogen and oxygen atoms in total. The van der Waals surface area contributed by atoms with Crippen molar-refractivity contribution < 1.29 is 88.7 Å². The van der Waals surface area contributed by atoms with Crippen LogP contribution >= 0.6 is 0 Å². The zero-order valence-corrected chi connectivity index (χ0v) is 26.7. The Bertz CT molecular complexity index is 1140. The number of fused-ring (bicyclic) bond motifs is 4. The Kier molecular flexibility index (Phi) is 11.8. The Labute approximate surface area is 281 Å². The topological polar surface area (TPSA) is 281 Å². The standard InChI is InChI=1S/C31H48O18/c32-12-3-1-11(2-4-12)15-8-18-22-16(45-15)5-13(33)6-17(22)46-30-27(40)26(39)24(37)20(49-30)10-44-29(42)14(34)7-21(35)43-9-19-23(36)25(38)28(41)31(47-18)48-19/h11-20,22-28,30-34,36-41H,1-10H2. The highest BCUT2D eigenvalue weighted by atomic mass is 16.7. The Hall–Kier alpha value is -1.62. The molecule has 0 aromatic carbocycles. The van der Waals surface area contributed by atoms with Crippen LogP contribution in [0.2, 0.25) is 0 Å². The molecule has 6 fully saturated rings. The summed E-state index contributed by atoms with van der Waals surface area (Å²) in [5, 5.41) is 95.7. The SMILES string of the molecule is O=C1CC(O)C(=O)OCC2OC(OC3CC(O)CC4OC(C5CCC(O)CC5)CC(OC5OC(CO1)C(O)C(O)C5O)C43)C(O)C(O)C2O. The molecule has 4 heterocycles. The van der Waals surface area contributed by atoms with Crippen LogP contribution in [0.3, 0.4) is 0 Å². The average Bonchev–Trinajstić information content (AvgIpc) is 3.06. The van der Waals surface area contributed by atoms with Gasteiger partial charge in [0.15, 0.2) is 18.7 Å². The third-order valence-electron chi connectivity index (χ3n) is 10.8. The lowest BCUT2D eigenvalue weighted by molar-refractivity contribution is -0.349. The molecule has 4 aliphatic heterocycles. The molecule has 4 saturated heterocycles. The summed E-state index contributed by atoms with van der Waals surface area (Å²) in [6, 6.07) is 0. The molecule has 2 aliphatic carbocycles. The largest absolute Gasteiger partial charge is 0.463 e. The Morgan fingerprint density at radius 1 is 0.469 bits per heavy atom. The monoisotopic (exact) mass is 708 g/mol. The van der Waals surface area contributed by atoms with E-state index in [9.17, 15) is 55.5 Å². The summed E-state index contributed by atoms with van der Waals surface area (Å²) in [5.41, 5.74) is 0. The van der Waals surface area contributed by atoms with E-state index in [1.165, 1.54) is 0 Å². The molecule has 18 heteroatoms. The maximum Gasteiger partial charge on any atom is 0.335 e. The second-order valence-electron chi connectivity index (χ2n) is 14.1. The van der Waals surface area contributed by atoms with E-state index >= 15 is 0 Å². The molecule has 0 aromatic rings. The van der Waals surface area contributed by atoms with Gasteiger partial charge in [0, 0.05) is 25.2 Å². The predicted octanol–water partition coefficient (Wildman–Crippen LogP) is -4.30. The fourth-order valence-corrected chi connectivity index (χ4v) is 7.96. The van der Waals surface area contributed by atoms with Crippen LogP contribution in [0, 0.1) is 11.8 Å². The number of aliphatic hydroxyl groups is 9. The highest BCUT2D eigenvalue weighted by Gasteiger charge is 2.55. The van der Waals surface area contributed by atoms with Gasteiger partial charge < -0.3 is 79.1 Å². The van der Waals surface area contributed by atoms with Crippen molar-refractivity contribution >= 4 is 11.9 Å². The van der Waals surface area contributed by atoms with E-state index in [1.54, 1.807) is 0 Å². The fraction of sp³-hybridized carbons (Fsp3) is 0.935. The molecule has 17 unspecified atom stereocenters. The smallest absolute Gasteiger partial charge is 0.335 e. The number of cyclic esters (lactones) is 2. The van der Waals surface area contributed by atoms with Gasteiger partial charge in [0.2, 0.25) is 0 Å². The van der Waals surface area contributed by atoms with E-state index in [4.69, 9.17) is 33.2 Å². The van der Waals surface area contributed by atoms with Crippen molar-refractivity contribution in [2.24, 2.45) is 11.8 Å². The van der Waals surface area contributed by atoms with Gasteiger partial charge in [-0.25, -0.2) is 4.79 Å². The first-order chi connectivity index (χ1) is 23.3. The maximum atomic E-state index is 12.5. The fourth-order valence-electron chi connectivity index (χ4n) is 7.96. The first-order valence-corrected chi connectivity index (χ1v) is 17.0. The van der Waals surface area contributed by atoms with E-state index in [-0.39, 0.29) is 25.2 Å². The highest BCUT2D eigenvalue weighted by molar-refractivity contribution is 5.81. The summed E-state index contributed by atoms with van der Waals surface area (Å²) in [6.45, 7) is -1.35. The number of aliphatic hydroxyl groups excluding tert-OH is 9. The lowest BCUT2D eigenvalue weighted by atomic mass is 9.72. The van der Waals surface area contributed by atoms with Crippen LogP contribution < -0.4 is 0 Å². The summed E-state index contributed by atoms with van der Waals surface area (Å²) in [4.78, 5) is 24.9. The van der Waals surface area contributed by atoms with E-state index in [0.717, 1.165) is 0 Å². The van der Waals surface area contributed by atoms with E-state index < -0.39 is 142 Å². The quantitative estimate of drug-likeness (QED) is 0.117. The maximum absolute atomic E-state index is 12.5. The predicted molar refractivity (Wildman–Crippen MR) is 156 cm³/mol. The van der Waals surface area contributed by atoms with Crippen LogP contribution in [-0.2, 0) is 42.7 Å². The number of rotatable bonds is 1. The molecular formula is C31H48O18. The first kappa shape index (κ1) is 37.1. The Morgan fingerprint density at radius 3 is 1.53 bits per heavy atom. The lowest BCUT2D eigenvalue weighted by Gasteiger charge is -2.53. The van der Waals surface area contributed by atoms with Crippen molar-refractivity contribution in [3.63, 3.8) is 0 Å². The van der Waals surface area contributed by atoms with E-state index in [1.807, 2.05) is 0 Å². The summed E-state index contributed by atoms with van der Waals surface area (Å²) < 4.78 is 40.9. The second kappa shape index (κ2) is 15.5.